The summed E-state index contributed by atoms with van der Waals surface area (Å²) in [5, 5.41) is 6.44. The first-order chi connectivity index (χ1) is 10.2. The van der Waals surface area contributed by atoms with Crippen LogP contribution in [0.4, 0.5) is 10.2 Å². The smallest absolute Gasteiger partial charge is 0.165 e. The van der Waals surface area contributed by atoms with Crippen molar-refractivity contribution in [2.45, 2.75) is 6.61 Å². The second kappa shape index (κ2) is 5.66. The molecule has 3 rings (SSSR count). The van der Waals surface area contributed by atoms with Crippen molar-refractivity contribution in [3.05, 3.63) is 66.1 Å². The van der Waals surface area contributed by atoms with Gasteiger partial charge in [0.25, 0.3) is 0 Å². The summed E-state index contributed by atoms with van der Waals surface area (Å²) in [4.78, 5) is 0. The summed E-state index contributed by atoms with van der Waals surface area (Å²) in [6.45, 7) is 0.324. The summed E-state index contributed by atoms with van der Waals surface area (Å²) in [5.41, 5.74) is 8.04. The molecule has 3 aromatic rings. The highest BCUT2D eigenvalue weighted by Crippen LogP contribution is 2.28. The fourth-order valence-electron chi connectivity index (χ4n) is 2.05. The second-order valence-electron chi connectivity index (χ2n) is 4.62. The number of benzene rings is 2. The lowest BCUT2D eigenvalue weighted by Crippen LogP contribution is -1.97. The van der Waals surface area contributed by atoms with E-state index in [-0.39, 0.29) is 5.75 Å². The maximum Gasteiger partial charge on any atom is 0.165 e. The molecule has 0 aliphatic carbocycles. The summed E-state index contributed by atoms with van der Waals surface area (Å²) in [6.07, 6.45) is 1.56. The molecule has 0 fully saturated rings. The van der Waals surface area contributed by atoms with Crippen molar-refractivity contribution in [1.82, 2.24) is 10.2 Å². The Bertz CT molecular complexity index is 740. The Morgan fingerprint density at radius 3 is 2.62 bits per heavy atom. The Morgan fingerprint density at radius 1 is 1.14 bits per heavy atom. The maximum atomic E-state index is 14.1. The molecule has 4 nitrogen and oxygen atoms in total. The third kappa shape index (κ3) is 2.86. The SMILES string of the molecule is Nc1[nH]ncc1-c1ccc(OCc2ccccc2)c(F)c1. The zero-order valence-electron chi connectivity index (χ0n) is 11.2. The van der Waals surface area contributed by atoms with Gasteiger partial charge in [-0.05, 0) is 23.3 Å². The number of nitrogens with two attached hydrogens (primary N) is 1. The average molecular weight is 283 g/mol. The zero-order valence-corrected chi connectivity index (χ0v) is 11.2. The molecule has 0 radical (unpaired) electrons. The average Bonchev–Trinajstić information content (AvgIpc) is 2.93. The van der Waals surface area contributed by atoms with Gasteiger partial charge >= 0.3 is 0 Å². The maximum absolute atomic E-state index is 14.1. The van der Waals surface area contributed by atoms with E-state index in [0.717, 1.165) is 5.56 Å². The van der Waals surface area contributed by atoms with Crippen LogP contribution >= 0.6 is 0 Å². The third-order valence-electron chi connectivity index (χ3n) is 3.15. The normalized spacial score (nSPS) is 10.5. The van der Waals surface area contributed by atoms with Crippen molar-refractivity contribution < 1.29 is 9.13 Å². The Labute approximate surface area is 121 Å². The van der Waals surface area contributed by atoms with Gasteiger partial charge in [-0.25, -0.2) is 4.39 Å². The van der Waals surface area contributed by atoms with Crippen LogP contribution in [0.3, 0.4) is 0 Å². The number of nitrogen functional groups attached to an aromatic ring is 1. The first-order valence-electron chi connectivity index (χ1n) is 6.49. The largest absolute Gasteiger partial charge is 0.486 e. The number of nitrogens with one attached hydrogen (secondary N) is 1. The van der Waals surface area contributed by atoms with Gasteiger partial charge in [0, 0.05) is 5.56 Å². The monoisotopic (exact) mass is 283 g/mol. The fourth-order valence-corrected chi connectivity index (χ4v) is 2.05. The number of hydrogen-bond acceptors (Lipinski definition) is 3. The first kappa shape index (κ1) is 13.2. The highest BCUT2D eigenvalue weighted by molar-refractivity contribution is 5.73. The van der Waals surface area contributed by atoms with Crippen LogP contribution in [0.15, 0.2) is 54.7 Å². The number of halogens is 1. The Kier molecular flexibility index (Phi) is 3.55. The van der Waals surface area contributed by atoms with Gasteiger partial charge in [-0.2, -0.15) is 5.10 Å². The molecule has 106 valence electrons. The van der Waals surface area contributed by atoms with Crippen LogP contribution in [-0.4, -0.2) is 10.2 Å². The molecule has 0 atom stereocenters. The van der Waals surface area contributed by atoms with E-state index in [9.17, 15) is 4.39 Å². The van der Waals surface area contributed by atoms with Gasteiger partial charge in [0.05, 0.1) is 6.20 Å². The molecule has 0 bridgehead atoms. The van der Waals surface area contributed by atoms with Crippen molar-refractivity contribution in [2.24, 2.45) is 0 Å². The summed E-state index contributed by atoms with van der Waals surface area (Å²) < 4.78 is 19.6. The number of hydrogen-bond donors (Lipinski definition) is 2. The first-order valence-corrected chi connectivity index (χ1v) is 6.49. The number of rotatable bonds is 4. The van der Waals surface area contributed by atoms with Crippen molar-refractivity contribution in [1.29, 1.82) is 0 Å². The third-order valence-corrected chi connectivity index (χ3v) is 3.15. The molecule has 3 N–H and O–H groups in total. The van der Waals surface area contributed by atoms with Crippen molar-refractivity contribution in [2.75, 3.05) is 5.73 Å². The van der Waals surface area contributed by atoms with Gasteiger partial charge < -0.3 is 10.5 Å². The molecule has 0 aliphatic heterocycles. The van der Waals surface area contributed by atoms with E-state index in [1.54, 1.807) is 18.3 Å². The van der Waals surface area contributed by atoms with Gasteiger partial charge in [-0.15, -0.1) is 0 Å². The summed E-state index contributed by atoms with van der Waals surface area (Å²) in [6, 6.07) is 14.4. The van der Waals surface area contributed by atoms with E-state index >= 15 is 0 Å². The van der Waals surface area contributed by atoms with Crippen molar-refractivity contribution in [3.8, 4) is 16.9 Å². The molecule has 0 unspecified atom stereocenters. The summed E-state index contributed by atoms with van der Waals surface area (Å²) in [7, 11) is 0. The predicted octanol–water partition coefficient (Wildman–Crippen LogP) is 3.38. The lowest BCUT2D eigenvalue weighted by atomic mass is 10.1. The van der Waals surface area contributed by atoms with E-state index in [0.29, 0.717) is 23.6 Å². The van der Waals surface area contributed by atoms with Crippen LogP contribution in [0.5, 0.6) is 5.75 Å². The van der Waals surface area contributed by atoms with Crippen LogP contribution in [0.25, 0.3) is 11.1 Å². The summed E-state index contributed by atoms with van der Waals surface area (Å²) in [5.74, 6) is 0.195. The van der Waals surface area contributed by atoms with E-state index in [1.165, 1.54) is 6.07 Å². The van der Waals surface area contributed by atoms with Crippen molar-refractivity contribution >= 4 is 5.82 Å². The van der Waals surface area contributed by atoms with E-state index in [4.69, 9.17) is 10.5 Å². The predicted molar refractivity (Wildman–Crippen MR) is 79.2 cm³/mol. The minimum Gasteiger partial charge on any atom is -0.486 e. The van der Waals surface area contributed by atoms with Gasteiger partial charge in [-0.1, -0.05) is 36.4 Å². The second-order valence-corrected chi connectivity index (χ2v) is 4.62. The van der Waals surface area contributed by atoms with E-state index < -0.39 is 5.82 Å². The number of H-pyrrole nitrogens is 1. The molecule has 0 spiro atoms. The molecule has 0 saturated heterocycles. The lowest BCUT2D eigenvalue weighted by Gasteiger charge is -2.08. The number of nitrogens with zero attached hydrogens (tertiary/aromatic N) is 1. The van der Waals surface area contributed by atoms with Crippen LogP contribution < -0.4 is 10.5 Å². The van der Waals surface area contributed by atoms with Crippen LogP contribution in [-0.2, 0) is 6.61 Å². The van der Waals surface area contributed by atoms with Gasteiger partial charge in [0.15, 0.2) is 11.6 Å². The van der Waals surface area contributed by atoms with E-state index in [1.807, 2.05) is 30.3 Å². The Morgan fingerprint density at radius 2 is 1.95 bits per heavy atom. The van der Waals surface area contributed by atoms with E-state index in [2.05, 4.69) is 10.2 Å². The Hall–Kier alpha value is -2.82. The number of aromatic amines is 1. The molecule has 0 aliphatic rings. The minimum atomic E-state index is -0.427. The van der Waals surface area contributed by atoms with Gasteiger partial charge in [0.2, 0.25) is 0 Å². The Balaban J connectivity index is 1.77. The highest BCUT2D eigenvalue weighted by Gasteiger charge is 2.09. The molecule has 0 amide bonds. The zero-order chi connectivity index (χ0) is 14.7. The highest BCUT2D eigenvalue weighted by atomic mass is 19.1. The lowest BCUT2D eigenvalue weighted by molar-refractivity contribution is 0.290. The van der Waals surface area contributed by atoms with Gasteiger partial charge in [0.1, 0.15) is 12.4 Å². The molecule has 1 aromatic heterocycles. The standard InChI is InChI=1S/C16H14FN3O/c17-14-8-12(13-9-19-20-16(13)18)6-7-15(14)21-10-11-4-2-1-3-5-11/h1-9H,10H2,(H3,18,19,20). The fraction of sp³-hybridized carbons (Fsp3) is 0.0625. The van der Waals surface area contributed by atoms with Crippen LogP contribution in [0.1, 0.15) is 5.56 Å². The number of anilines is 1. The quantitative estimate of drug-likeness (QED) is 0.771. The molecule has 2 aromatic carbocycles. The topological polar surface area (TPSA) is 63.9 Å². The molecular formula is C16H14FN3O. The van der Waals surface area contributed by atoms with Gasteiger partial charge in [-0.3, -0.25) is 5.10 Å². The molecule has 0 saturated carbocycles. The molecule has 1 heterocycles. The summed E-state index contributed by atoms with van der Waals surface area (Å²) >= 11 is 0. The number of ether oxygens (including phenoxy) is 1. The van der Waals surface area contributed by atoms with Crippen LogP contribution in [0.2, 0.25) is 0 Å². The minimum absolute atomic E-state index is 0.213. The number of aromatic nitrogens is 2. The van der Waals surface area contributed by atoms with Crippen LogP contribution in [0, 0.1) is 5.82 Å². The molecular weight excluding hydrogens is 269 g/mol. The van der Waals surface area contributed by atoms with Crippen molar-refractivity contribution in [3.63, 3.8) is 0 Å². The molecule has 5 heteroatoms. The molecule has 21 heavy (non-hydrogen) atoms.